The fraction of sp³-hybridized carbons (Fsp3) is 0.480. The Bertz CT molecular complexity index is 1210. The van der Waals surface area contributed by atoms with E-state index in [2.05, 4.69) is 41.5 Å². The molecule has 0 unspecified atom stereocenters. The largest absolute Gasteiger partial charge is 0.503 e. The molecule has 5 rings (SSSR count). The van der Waals surface area contributed by atoms with E-state index in [0.717, 1.165) is 62.7 Å². The number of rotatable bonds is 0. The molecule has 3 aromatic rings. The number of aryl methyl sites for hydroxylation is 2. The predicted octanol–water partition coefficient (Wildman–Crippen LogP) is 4.71. The van der Waals surface area contributed by atoms with Crippen LogP contribution in [0.1, 0.15) is 68.3 Å². The van der Waals surface area contributed by atoms with E-state index in [0.29, 0.717) is 24.2 Å². The lowest BCUT2D eigenvalue weighted by Gasteiger charge is -2.32. The van der Waals surface area contributed by atoms with Crippen molar-refractivity contribution in [2.75, 3.05) is 0 Å². The molecule has 4 heterocycles. The molecule has 1 N–H and O–H groups in total. The molecule has 6 nitrogen and oxygen atoms in total. The SMILES string of the molecule is C=C1CCCCCc2ccc3c(C)cn(c3n2)C2(CCCC2)Cn2cc(O)c(=O)c1n2. The zero-order chi connectivity index (χ0) is 21.6. The second-order valence-electron chi connectivity index (χ2n) is 9.34. The molecule has 1 saturated carbocycles. The summed E-state index contributed by atoms with van der Waals surface area (Å²) in [5.74, 6) is -0.252. The van der Waals surface area contributed by atoms with Crippen molar-refractivity contribution in [3.05, 3.63) is 58.3 Å². The summed E-state index contributed by atoms with van der Waals surface area (Å²) in [6.45, 7) is 6.86. The quantitative estimate of drug-likeness (QED) is 0.574. The molecule has 0 amide bonds. The van der Waals surface area contributed by atoms with Crippen molar-refractivity contribution >= 4 is 16.6 Å². The van der Waals surface area contributed by atoms with Crippen LogP contribution in [-0.2, 0) is 18.5 Å². The highest BCUT2D eigenvalue weighted by Gasteiger charge is 2.38. The first-order valence-corrected chi connectivity index (χ1v) is 11.4. The van der Waals surface area contributed by atoms with E-state index in [1.54, 1.807) is 4.68 Å². The number of nitrogens with zero attached hydrogens (tertiary/aromatic N) is 4. The van der Waals surface area contributed by atoms with Crippen molar-refractivity contribution in [1.29, 1.82) is 0 Å². The number of aromatic nitrogens is 4. The first-order chi connectivity index (χ1) is 15.0. The highest BCUT2D eigenvalue weighted by molar-refractivity contribution is 5.80. The van der Waals surface area contributed by atoms with Crippen LogP contribution in [0.5, 0.6) is 5.75 Å². The molecular formula is C25H30N4O2. The molecule has 0 atom stereocenters. The average Bonchev–Trinajstić information content (AvgIpc) is 3.35. The molecule has 1 fully saturated rings. The summed E-state index contributed by atoms with van der Waals surface area (Å²) >= 11 is 0. The summed E-state index contributed by atoms with van der Waals surface area (Å²) in [4.78, 5) is 17.7. The number of allylic oxidation sites excluding steroid dienone is 1. The van der Waals surface area contributed by atoms with Crippen LogP contribution in [0.3, 0.4) is 0 Å². The number of aromatic hydroxyl groups is 1. The molecule has 6 heteroatoms. The van der Waals surface area contributed by atoms with Gasteiger partial charge in [0.15, 0.2) is 5.75 Å². The minimum absolute atomic E-state index is 0.175. The van der Waals surface area contributed by atoms with E-state index < -0.39 is 5.43 Å². The lowest BCUT2D eigenvalue weighted by molar-refractivity contribution is 0.240. The Morgan fingerprint density at radius 2 is 1.84 bits per heavy atom. The summed E-state index contributed by atoms with van der Waals surface area (Å²) in [6, 6.07) is 4.38. The van der Waals surface area contributed by atoms with Crippen molar-refractivity contribution < 1.29 is 5.11 Å². The molecule has 2 aliphatic rings. The summed E-state index contributed by atoms with van der Waals surface area (Å²) in [6.07, 6.45) is 12.7. The normalized spacial score (nSPS) is 19.1. The van der Waals surface area contributed by atoms with Crippen molar-refractivity contribution in [2.45, 2.75) is 76.8 Å². The number of pyridine rings is 1. The van der Waals surface area contributed by atoms with Crippen LogP contribution in [0.2, 0.25) is 0 Å². The minimum atomic E-state index is -0.418. The molecule has 162 valence electrons. The van der Waals surface area contributed by atoms with E-state index in [4.69, 9.17) is 4.98 Å². The van der Waals surface area contributed by atoms with Gasteiger partial charge in [-0.2, -0.15) is 5.10 Å². The molecule has 0 saturated heterocycles. The Balaban J connectivity index is 1.70. The third-order valence-electron chi connectivity index (χ3n) is 7.10. The molecule has 1 aliphatic heterocycles. The Morgan fingerprint density at radius 1 is 1.06 bits per heavy atom. The van der Waals surface area contributed by atoms with Gasteiger partial charge in [0.05, 0.1) is 18.3 Å². The van der Waals surface area contributed by atoms with Gasteiger partial charge in [-0.25, -0.2) is 4.98 Å². The number of hydrogen-bond donors (Lipinski definition) is 1. The monoisotopic (exact) mass is 418 g/mol. The molecule has 1 spiro atoms. The van der Waals surface area contributed by atoms with E-state index >= 15 is 0 Å². The van der Waals surface area contributed by atoms with Crippen molar-refractivity contribution in [2.24, 2.45) is 0 Å². The second kappa shape index (κ2) is 7.66. The number of hydrogen-bond acceptors (Lipinski definition) is 4. The van der Waals surface area contributed by atoms with Crippen LogP contribution in [-0.4, -0.2) is 24.4 Å². The van der Waals surface area contributed by atoms with Gasteiger partial charge >= 0.3 is 0 Å². The van der Waals surface area contributed by atoms with Gasteiger partial charge in [-0.3, -0.25) is 9.48 Å². The van der Waals surface area contributed by atoms with E-state index in [-0.39, 0.29) is 11.3 Å². The van der Waals surface area contributed by atoms with E-state index in [1.807, 2.05) is 0 Å². The standard InChI is InChI=1S/C25H30N4O2/c1-17-8-4-3-5-9-19-10-11-20-18(2)14-29(24(20)26-19)25(12-6-7-13-25)16-28-15-21(30)23(31)22(17)27-28/h10-11,14-15,30H,1,3-9,12-13,16H2,2H3. The maximum atomic E-state index is 12.6. The van der Waals surface area contributed by atoms with Gasteiger partial charge in [-0.1, -0.05) is 25.8 Å². The Kier molecular flexibility index (Phi) is 4.95. The van der Waals surface area contributed by atoms with Gasteiger partial charge in [0, 0.05) is 17.3 Å². The smallest absolute Gasteiger partial charge is 0.249 e. The van der Waals surface area contributed by atoms with Crippen LogP contribution in [0.15, 0.2) is 35.9 Å². The molecule has 31 heavy (non-hydrogen) atoms. The molecular weight excluding hydrogens is 388 g/mol. The van der Waals surface area contributed by atoms with Gasteiger partial charge in [-0.15, -0.1) is 0 Å². The summed E-state index contributed by atoms with van der Waals surface area (Å²) in [7, 11) is 0. The van der Waals surface area contributed by atoms with Gasteiger partial charge in [0.25, 0.3) is 0 Å². The molecule has 0 radical (unpaired) electrons. The van der Waals surface area contributed by atoms with Gasteiger partial charge in [0.1, 0.15) is 11.3 Å². The van der Waals surface area contributed by atoms with Crippen molar-refractivity contribution in [3.8, 4) is 5.75 Å². The zero-order valence-corrected chi connectivity index (χ0v) is 18.2. The fourth-order valence-electron chi connectivity index (χ4n) is 5.39. The lowest BCUT2D eigenvalue weighted by Crippen LogP contribution is -2.36. The highest BCUT2D eigenvalue weighted by Crippen LogP contribution is 2.41. The maximum Gasteiger partial charge on any atom is 0.249 e. The third kappa shape index (κ3) is 3.48. The summed E-state index contributed by atoms with van der Waals surface area (Å²) in [5.41, 5.74) is 3.83. The van der Waals surface area contributed by atoms with Gasteiger partial charge in [-0.05, 0) is 68.7 Å². The Labute approximate surface area is 182 Å². The minimum Gasteiger partial charge on any atom is -0.503 e. The van der Waals surface area contributed by atoms with Crippen LogP contribution in [0.4, 0.5) is 0 Å². The summed E-state index contributed by atoms with van der Waals surface area (Å²) < 4.78 is 4.12. The molecule has 4 bridgehead atoms. The molecule has 0 aromatic carbocycles. The number of fused-ring (bicyclic) bond motifs is 4. The third-order valence-corrected chi connectivity index (χ3v) is 7.10. The van der Waals surface area contributed by atoms with E-state index in [1.165, 1.54) is 17.1 Å². The van der Waals surface area contributed by atoms with E-state index in [9.17, 15) is 9.90 Å². The zero-order valence-electron chi connectivity index (χ0n) is 18.2. The van der Waals surface area contributed by atoms with Gasteiger partial charge in [0.2, 0.25) is 5.43 Å². The average molecular weight is 419 g/mol. The van der Waals surface area contributed by atoms with Crippen molar-refractivity contribution in [3.63, 3.8) is 0 Å². The first kappa shape index (κ1) is 20.0. The van der Waals surface area contributed by atoms with Crippen LogP contribution < -0.4 is 5.43 Å². The maximum absolute atomic E-state index is 12.6. The van der Waals surface area contributed by atoms with Crippen LogP contribution in [0, 0.1) is 6.92 Å². The fourth-order valence-corrected chi connectivity index (χ4v) is 5.39. The van der Waals surface area contributed by atoms with Crippen LogP contribution in [0.25, 0.3) is 16.6 Å². The van der Waals surface area contributed by atoms with Crippen molar-refractivity contribution in [1.82, 2.24) is 19.3 Å². The molecule has 3 aromatic heterocycles. The van der Waals surface area contributed by atoms with Gasteiger partial charge < -0.3 is 9.67 Å². The lowest BCUT2D eigenvalue weighted by atomic mass is 9.97. The van der Waals surface area contributed by atoms with Crippen LogP contribution >= 0.6 is 0 Å². The highest BCUT2D eigenvalue weighted by atomic mass is 16.3. The second-order valence-corrected chi connectivity index (χ2v) is 9.34. The molecule has 1 aliphatic carbocycles. The Hall–Kier alpha value is -2.89. The summed E-state index contributed by atoms with van der Waals surface area (Å²) in [5, 5.41) is 16.2. The Morgan fingerprint density at radius 3 is 2.65 bits per heavy atom. The topological polar surface area (TPSA) is 72.9 Å². The first-order valence-electron chi connectivity index (χ1n) is 11.4. The predicted molar refractivity (Wildman–Crippen MR) is 122 cm³/mol.